The van der Waals surface area contributed by atoms with Crippen LogP contribution in [-0.4, -0.2) is 6.10 Å². The van der Waals surface area contributed by atoms with Gasteiger partial charge < -0.3 is 10.5 Å². The summed E-state index contributed by atoms with van der Waals surface area (Å²) >= 11 is 0. The van der Waals surface area contributed by atoms with Gasteiger partial charge in [-0.25, -0.2) is 4.39 Å². The Bertz CT molecular complexity index is 339. The van der Waals surface area contributed by atoms with E-state index in [0.29, 0.717) is 11.3 Å². The number of hydrogen-bond acceptors (Lipinski definition) is 2. The molecular weight excluding hydrogens is 205 g/mol. The minimum Gasteiger partial charge on any atom is -0.491 e. The Morgan fingerprint density at radius 3 is 2.56 bits per heavy atom. The minimum atomic E-state index is -0.295. The Morgan fingerprint density at radius 2 is 2.06 bits per heavy atom. The second kappa shape index (κ2) is 5.85. The van der Waals surface area contributed by atoms with Crippen LogP contribution < -0.4 is 10.5 Å². The first-order valence-corrected chi connectivity index (χ1v) is 5.76. The molecule has 2 nitrogen and oxygen atoms in total. The first kappa shape index (κ1) is 13.0. The summed E-state index contributed by atoms with van der Waals surface area (Å²) in [5.41, 5.74) is 6.16. The fourth-order valence-electron chi connectivity index (χ4n) is 1.65. The molecule has 16 heavy (non-hydrogen) atoms. The van der Waals surface area contributed by atoms with Crippen LogP contribution in [0.4, 0.5) is 4.39 Å². The molecule has 1 rings (SSSR count). The Labute approximate surface area is 96.6 Å². The largest absolute Gasteiger partial charge is 0.491 e. The molecule has 0 spiro atoms. The monoisotopic (exact) mass is 225 g/mol. The molecule has 0 heterocycles. The van der Waals surface area contributed by atoms with Crippen LogP contribution in [0.1, 0.15) is 45.2 Å². The van der Waals surface area contributed by atoms with Gasteiger partial charge in [-0.15, -0.1) is 0 Å². The van der Waals surface area contributed by atoms with E-state index >= 15 is 0 Å². The van der Waals surface area contributed by atoms with Crippen molar-refractivity contribution in [1.82, 2.24) is 0 Å². The number of hydrogen-bond donors (Lipinski definition) is 1. The summed E-state index contributed by atoms with van der Waals surface area (Å²) in [4.78, 5) is 0. The molecule has 0 aromatic heterocycles. The summed E-state index contributed by atoms with van der Waals surface area (Å²) in [6.07, 6.45) is 2.14. The lowest BCUT2D eigenvalue weighted by Gasteiger charge is -2.15. The molecule has 1 unspecified atom stereocenters. The van der Waals surface area contributed by atoms with E-state index in [9.17, 15) is 4.39 Å². The van der Waals surface area contributed by atoms with Crippen LogP contribution in [0, 0.1) is 5.82 Å². The number of rotatable bonds is 5. The van der Waals surface area contributed by atoms with Crippen LogP contribution in [0.15, 0.2) is 18.2 Å². The molecule has 0 saturated carbocycles. The number of nitrogens with two attached hydrogens (primary N) is 1. The predicted octanol–water partition coefficient (Wildman–Crippen LogP) is 3.41. The highest BCUT2D eigenvalue weighted by Gasteiger charge is 2.09. The van der Waals surface area contributed by atoms with Crippen molar-refractivity contribution < 1.29 is 9.13 Å². The molecule has 0 radical (unpaired) electrons. The van der Waals surface area contributed by atoms with E-state index < -0.39 is 0 Å². The van der Waals surface area contributed by atoms with Gasteiger partial charge in [0.1, 0.15) is 11.6 Å². The standard InChI is InChI=1S/C13H20FNO/c1-4-5-9(2)16-11-6-7-12(10(3)15)13(14)8-11/h6-10H,4-5,15H2,1-3H3/t9?,10-/m0/s1. The molecule has 1 aromatic carbocycles. The third-order valence-corrected chi connectivity index (χ3v) is 2.49. The van der Waals surface area contributed by atoms with Crippen molar-refractivity contribution in [3.05, 3.63) is 29.6 Å². The normalized spacial score (nSPS) is 14.6. The van der Waals surface area contributed by atoms with Gasteiger partial charge in [0, 0.05) is 17.7 Å². The van der Waals surface area contributed by atoms with E-state index in [1.165, 1.54) is 6.07 Å². The molecule has 2 atom stereocenters. The van der Waals surface area contributed by atoms with E-state index in [-0.39, 0.29) is 18.0 Å². The van der Waals surface area contributed by atoms with Gasteiger partial charge in [0.05, 0.1) is 6.10 Å². The van der Waals surface area contributed by atoms with Gasteiger partial charge in [-0.3, -0.25) is 0 Å². The molecule has 3 heteroatoms. The van der Waals surface area contributed by atoms with Crippen molar-refractivity contribution in [1.29, 1.82) is 0 Å². The average Bonchev–Trinajstić information content (AvgIpc) is 2.17. The van der Waals surface area contributed by atoms with Gasteiger partial charge in [0.2, 0.25) is 0 Å². The third-order valence-electron chi connectivity index (χ3n) is 2.49. The smallest absolute Gasteiger partial charge is 0.131 e. The average molecular weight is 225 g/mol. The molecule has 0 aliphatic rings. The highest BCUT2D eigenvalue weighted by Crippen LogP contribution is 2.21. The topological polar surface area (TPSA) is 35.2 Å². The van der Waals surface area contributed by atoms with Gasteiger partial charge in [0.25, 0.3) is 0 Å². The van der Waals surface area contributed by atoms with Gasteiger partial charge in [0.15, 0.2) is 0 Å². The van der Waals surface area contributed by atoms with Crippen LogP contribution in [0.3, 0.4) is 0 Å². The lowest BCUT2D eigenvalue weighted by Crippen LogP contribution is -2.12. The van der Waals surface area contributed by atoms with E-state index in [1.807, 2.05) is 6.92 Å². The Hall–Kier alpha value is -1.09. The van der Waals surface area contributed by atoms with Gasteiger partial charge in [-0.2, -0.15) is 0 Å². The zero-order chi connectivity index (χ0) is 12.1. The minimum absolute atomic E-state index is 0.116. The molecule has 0 amide bonds. The van der Waals surface area contributed by atoms with Gasteiger partial charge in [-0.1, -0.05) is 19.4 Å². The Morgan fingerprint density at radius 1 is 1.38 bits per heavy atom. The zero-order valence-electron chi connectivity index (χ0n) is 10.2. The first-order chi connectivity index (χ1) is 7.54. The van der Waals surface area contributed by atoms with Gasteiger partial charge >= 0.3 is 0 Å². The number of halogens is 1. The summed E-state index contributed by atoms with van der Waals surface area (Å²) in [6, 6.07) is 4.58. The van der Waals surface area contributed by atoms with Crippen LogP contribution in [-0.2, 0) is 0 Å². The van der Waals surface area contributed by atoms with Gasteiger partial charge in [-0.05, 0) is 26.3 Å². The molecule has 0 fully saturated rings. The maximum absolute atomic E-state index is 13.6. The number of benzene rings is 1. The zero-order valence-corrected chi connectivity index (χ0v) is 10.2. The summed E-state index contributed by atoms with van der Waals surface area (Å²) in [7, 11) is 0. The van der Waals surface area contributed by atoms with E-state index in [1.54, 1.807) is 19.1 Å². The third kappa shape index (κ3) is 3.49. The number of ether oxygens (including phenoxy) is 1. The lowest BCUT2D eigenvalue weighted by atomic mass is 10.1. The van der Waals surface area contributed by atoms with Crippen LogP contribution in [0.2, 0.25) is 0 Å². The SMILES string of the molecule is CCCC(C)Oc1ccc([C@H](C)N)c(F)c1. The highest BCUT2D eigenvalue weighted by atomic mass is 19.1. The fourth-order valence-corrected chi connectivity index (χ4v) is 1.65. The second-order valence-electron chi connectivity index (χ2n) is 4.19. The molecule has 0 aliphatic heterocycles. The van der Waals surface area contributed by atoms with Crippen LogP contribution in [0.5, 0.6) is 5.75 Å². The maximum atomic E-state index is 13.6. The first-order valence-electron chi connectivity index (χ1n) is 5.76. The summed E-state index contributed by atoms with van der Waals surface area (Å²) in [6.45, 7) is 5.85. The molecule has 1 aromatic rings. The quantitative estimate of drug-likeness (QED) is 0.833. The molecule has 0 bridgehead atoms. The predicted molar refractivity (Wildman–Crippen MR) is 64.0 cm³/mol. The van der Waals surface area contributed by atoms with E-state index in [2.05, 4.69) is 6.92 Å². The summed E-state index contributed by atoms with van der Waals surface area (Å²) in [5.74, 6) is 0.277. The molecule has 0 aliphatic carbocycles. The summed E-state index contributed by atoms with van der Waals surface area (Å²) in [5, 5.41) is 0. The van der Waals surface area contributed by atoms with E-state index in [0.717, 1.165) is 12.8 Å². The lowest BCUT2D eigenvalue weighted by molar-refractivity contribution is 0.209. The highest BCUT2D eigenvalue weighted by molar-refractivity contribution is 5.30. The Balaban J connectivity index is 2.73. The molecule has 90 valence electrons. The van der Waals surface area contributed by atoms with Crippen molar-refractivity contribution in [3.63, 3.8) is 0 Å². The van der Waals surface area contributed by atoms with Crippen molar-refractivity contribution in [2.45, 2.75) is 45.8 Å². The van der Waals surface area contributed by atoms with Crippen molar-refractivity contribution in [2.75, 3.05) is 0 Å². The van der Waals surface area contributed by atoms with Crippen molar-refractivity contribution in [3.8, 4) is 5.75 Å². The maximum Gasteiger partial charge on any atom is 0.131 e. The Kier molecular flexibility index (Phi) is 4.74. The van der Waals surface area contributed by atoms with Crippen molar-refractivity contribution >= 4 is 0 Å². The van der Waals surface area contributed by atoms with E-state index in [4.69, 9.17) is 10.5 Å². The molecular formula is C13H20FNO. The molecule has 2 N–H and O–H groups in total. The van der Waals surface area contributed by atoms with Crippen LogP contribution >= 0.6 is 0 Å². The van der Waals surface area contributed by atoms with Crippen LogP contribution in [0.25, 0.3) is 0 Å². The second-order valence-corrected chi connectivity index (χ2v) is 4.19. The van der Waals surface area contributed by atoms with Crippen molar-refractivity contribution in [2.24, 2.45) is 5.73 Å². The molecule has 0 saturated heterocycles. The fraction of sp³-hybridized carbons (Fsp3) is 0.538. The summed E-state index contributed by atoms with van der Waals surface area (Å²) < 4.78 is 19.2.